The molecule has 2 aromatic carbocycles. The van der Waals surface area contributed by atoms with Gasteiger partial charge in [0.15, 0.2) is 37.2 Å². The zero-order chi connectivity index (χ0) is 112. The molecule has 16 atom stereocenters. The minimum atomic E-state index is -0.937. The second kappa shape index (κ2) is 65.9. The predicted molar refractivity (Wildman–Crippen MR) is 574 cm³/mol. The van der Waals surface area contributed by atoms with Gasteiger partial charge in [0.25, 0.3) is 17.7 Å². The molecular formula is C110H175N21O18. The zero-order valence-corrected chi connectivity index (χ0v) is 92.4. The molecule has 0 aliphatic heterocycles. The van der Waals surface area contributed by atoms with Crippen LogP contribution in [0.4, 0.5) is 0 Å². The van der Waals surface area contributed by atoms with E-state index in [1.165, 1.54) is 78.5 Å². The normalized spacial score (nSPS) is 15.1. The number of carbonyl (C=O) groups excluding carboxylic acids is 15. The van der Waals surface area contributed by atoms with E-state index in [0.717, 1.165) is 24.0 Å². The standard InChI is InChI=1S/C39H61N7O6.C38H57N7O6.C33H57N7O6/c1-10-16-32(45(9)38(51)31(24-39(6,7)8)43-34(47)28-19-21-46(52)22-20-28)36(49)42-29(23-27-17-14-13-15-18-27)25-41-30(11-2)35(48)44-33(26(4)5)37(50)40-12-3;1-7-12-30(42-37(50)32(23-38(4,5)6)44-34(47)28-17-19-45(51)20-18-28)36(49)41-29(21-26-13-10-9-11-14-26)24-40-25(3)33(46)43-31(22-27-15-16-27)35(48)39-8-2;1-10-13-26(37-33(45)28(22(8)11-2)39-30(42)24-14-16-40(46)17-15-24)31(43)36-25(18-20(4)5)19-35-23(9)29(41)38-27(21(6)7)32(44)34-12-3/h13-15,17-22,26,29-33,41H,10-12,16,23-25H2,1-9H3,(H,40,50)(H,42,49)(H,43,47)(H,44,48);9-11,13-14,17-20,25,27,29-32,40H,7-8,12,15-16,21-24H2,1-6H3,(H,39,48)(H,41,49)(H,42,50)(H,43,46)(H,44,47);14-17,20-23,25-28,35H,10-13,18-19H2,1-9H3,(H,34,44)(H,36,43)(H,37,45)(H,38,41)(H,39,42)/t29-,30-,31-,32-,33-;25-,29-,30-,31-,32-;22?,23-,25-,26-,27-,28-/m000/s1. The van der Waals surface area contributed by atoms with E-state index < -0.39 is 120 Å². The van der Waals surface area contributed by atoms with Crippen molar-refractivity contribution in [3.8, 4) is 0 Å². The fraction of sp³-hybridized carbons (Fsp3) is 0.618. The van der Waals surface area contributed by atoms with Crippen molar-refractivity contribution in [2.24, 2.45) is 40.4 Å². The molecule has 3 aromatic heterocycles. The van der Waals surface area contributed by atoms with Crippen molar-refractivity contribution in [2.45, 2.75) is 353 Å². The van der Waals surface area contributed by atoms with Crippen molar-refractivity contribution < 1.29 is 86.1 Å². The molecule has 1 aliphatic rings. The summed E-state index contributed by atoms with van der Waals surface area (Å²) in [6.07, 6.45) is 16.2. The van der Waals surface area contributed by atoms with E-state index >= 15 is 0 Å². The second-order valence-electron chi connectivity index (χ2n) is 42.4. The number of nitrogens with zero attached hydrogens (tertiary/aromatic N) is 4. The van der Waals surface area contributed by atoms with Gasteiger partial charge in [0.2, 0.25) is 70.9 Å². The highest BCUT2D eigenvalue weighted by molar-refractivity contribution is 6.01. The van der Waals surface area contributed by atoms with Crippen LogP contribution in [0.5, 0.6) is 0 Å². The first-order chi connectivity index (χ1) is 70.3. The Morgan fingerprint density at radius 2 is 0.711 bits per heavy atom. The Hall–Kier alpha value is -12.8. The number of likely N-dealkylation sites (N-methyl/N-ethyl adjacent to an activating group) is 4. The van der Waals surface area contributed by atoms with Crippen LogP contribution in [0.25, 0.3) is 0 Å². The molecule has 1 unspecified atom stereocenters. The highest BCUT2D eigenvalue weighted by atomic mass is 16.5. The van der Waals surface area contributed by atoms with Gasteiger partial charge in [0.05, 0.1) is 34.8 Å². The fourth-order valence-electron chi connectivity index (χ4n) is 16.6. The van der Waals surface area contributed by atoms with Crippen molar-refractivity contribution in [1.29, 1.82) is 0 Å². The highest BCUT2D eigenvalue weighted by Crippen LogP contribution is 2.34. The number of rotatable bonds is 60. The molecule has 0 bridgehead atoms. The molecule has 149 heavy (non-hydrogen) atoms. The first kappa shape index (κ1) is 129. The van der Waals surface area contributed by atoms with Gasteiger partial charge in [-0.05, 0) is 150 Å². The lowest BCUT2D eigenvalue weighted by molar-refractivity contribution is -0.605. The van der Waals surface area contributed by atoms with Gasteiger partial charge in [-0.3, -0.25) is 71.9 Å². The number of pyridine rings is 3. The molecule has 6 rings (SSSR count). The van der Waals surface area contributed by atoms with Crippen LogP contribution < -0.4 is 105 Å². The summed E-state index contributed by atoms with van der Waals surface area (Å²) in [5.74, 6) is -5.30. The third-order valence-corrected chi connectivity index (χ3v) is 25.3. The van der Waals surface area contributed by atoms with E-state index in [0.29, 0.717) is 136 Å². The SMILES string of the molecule is CCC[C@@H](C(=O)N[C@H](CN[C@@H](CC)C(=O)N[C@H](C(=O)NCC)C(C)C)Cc1ccccc1)N(C)C(=O)[C@H](CC(C)(C)C)NC(=O)c1cc[n+]([O-])cc1.CCC[C@H](NC(=O)[C@@H](NC(=O)c1cc[n+]([O-])cc1)C(C)CC)C(=O)N[C@H](CN[C@@H](C)C(=O)N[C@H](C(=O)NCC)C(C)C)CC(C)C.CCC[C@H](NC(=O)[C@H](CC(C)(C)C)NC(=O)c1cc[n+]([O-])cc1)C(=O)N[C@H](CN[C@@H](C)C(=O)N[C@@H](CC1CC1)C(=O)NCC)Cc1ccccc1. The molecule has 17 N–H and O–H groups in total. The van der Waals surface area contributed by atoms with Crippen molar-refractivity contribution >= 4 is 88.6 Å². The van der Waals surface area contributed by atoms with Crippen LogP contribution in [0, 0.1) is 56.0 Å². The lowest BCUT2D eigenvalue weighted by Crippen LogP contribution is -2.58. The predicted octanol–water partition coefficient (Wildman–Crippen LogP) is 6.66. The Morgan fingerprint density at radius 3 is 1.11 bits per heavy atom. The first-order valence-corrected chi connectivity index (χ1v) is 53.1. The smallest absolute Gasteiger partial charge is 0.252 e. The summed E-state index contributed by atoms with van der Waals surface area (Å²) in [6.45, 7) is 45.8. The van der Waals surface area contributed by atoms with Crippen molar-refractivity contribution in [2.75, 3.05) is 46.3 Å². The molecule has 3 heterocycles. The Balaban J connectivity index is 0.000000466. The van der Waals surface area contributed by atoms with Crippen LogP contribution in [0.1, 0.15) is 291 Å². The number of hydrogen-bond acceptors (Lipinski definition) is 21. The van der Waals surface area contributed by atoms with E-state index in [2.05, 4.69) is 90.4 Å². The average molecular weight is 2080 g/mol. The number of benzene rings is 2. The summed E-state index contributed by atoms with van der Waals surface area (Å²) in [7, 11) is 1.58. The number of hydrogen-bond donors (Lipinski definition) is 17. The van der Waals surface area contributed by atoms with Crippen LogP contribution in [0.3, 0.4) is 0 Å². The summed E-state index contributed by atoms with van der Waals surface area (Å²) >= 11 is 0. The molecule has 0 radical (unpaired) electrons. The van der Waals surface area contributed by atoms with E-state index in [1.807, 2.05) is 206 Å². The lowest BCUT2D eigenvalue weighted by atomic mass is 9.87. The van der Waals surface area contributed by atoms with Gasteiger partial charge >= 0.3 is 0 Å². The van der Waals surface area contributed by atoms with Gasteiger partial charge in [-0.2, -0.15) is 14.2 Å². The minimum Gasteiger partial charge on any atom is -0.619 e. The van der Waals surface area contributed by atoms with Crippen LogP contribution >= 0.6 is 0 Å². The van der Waals surface area contributed by atoms with E-state index in [4.69, 9.17) is 0 Å². The number of aromatic nitrogens is 3. The maximum absolute atomic E-state index is 14.1. The van der Waals surface area contributed by atoms with E-state index in [1.54, 1.807) is 20.9 Å². The molecular weight excluding hydrogens is 1900 g/mol. The van der Waals surface area contributed by atoms with Gasteiger partial charge in [0, 0.05) is 101 Å². The maximum atomic E-state index is 14.1. The molecule has 15 amide bonds. The summed E-state index contributed by atoms with van der Waals surface area (Å²) in [6, 6.07) is 17.2. The first-order valence-electron chi connectivity index (χ1n) is 53.1. The van der Waals surface area contributed by atoms with Crippen LogP contribution in [-0.2, 0) is 70.4 Å². The molecule has 1 saturated carbocycles. The molecule has 1 fully saturated rings. The van der Waals surface area contributed by atoms with Gasteiger partial charge in [-0.1, -0.05) is 224 Å². The Kier molecular flexibility index (Phi) is 56.9. The third-order valence-electron chi connectivity index (χ3n) is 25.3. The zero-order valence-electron chi connectivity index (χ0n) is 92.4. The summed E-state index contributed by atoms with van der Waals surface area (Å²) in [4.78, 5) is 200. The fourth-order valence-corrected chi connectivity index (χ4v) is 16.6. The van der Waals surface area contributed by atoms with Crippen molar-refractivity contribution in [3.63, 3.8) is 0 Å². The van der Waals surface area contributed by atoms with Crippen molar-refractivity contribution in [1.82, 2.24) is 95.3 Å². The van der Waals surface area contributed by atoms with Gasteiger partial charge in [-0.25, -0.2) is 0 Å². The molecule has 39 nitrogen and oxygen atoms in total. The summed E-state index contributed by atoms with van der Waals surface area (Å²) in [5.41, 5.74) is 2.01. The van der Waals surface area contributed by atoms with E-state index in [9.17, 15) is 87.5 Å². The number of carbonyl (C=O) groups is 15. The number of amides is 15. The van der Waals surface area contributed by atoms with E-state index in [-0.39, 0.29) is 123 Å². The van der Waals surface area contributed by atoms with Gasteiger partial charge in [-0.15, -0.1) is 0 Å². The minimum absolute atomic E-state index is 0.0981. The Morgan fingerprint density at radius 1 is 0.356 bits per heavy atom. The average Bonchev–Trinajstić information content (AvgIpc) is 1.81. The maximum Gasteiger partial charge on any atom is 0.252 e. The quantitative estimate of drug-likeness (QED) is 0.0143. The van der Waals surface area contributed by atoms with Gasteiger partial charge in [0.1, 0.15) is 54.4 Å². The molecule has 0 spiro atoms. The molecule has 0 saturated heterocycles. The van der Waals surface area contributed by atoms with Crippen LogP contribution in [0.15, 0.2) is 134 Å². The van der Waals surface area contributed by atoms with Crippen LogP contribution in [-0.4, -0.2) is 230 Å². The Bertz CT molecular complexity index is 4980. The van der Waals surface area contributed by atoms with Gasteiger partial charge < -0.3 is 111 Å². The molecule has 828 valence electrons. The Labute approximate surface area is 882 Å². The van der Waals surface area contributed by atoms with Crippen LogP contribution in [0.2, 0.25) is 0 Å². The molecule has 39 heteroatoms. The topological polar surface area (TPSA) is 545 Å². The monoisotopic (exact) mass is 2080 g/mol. The highest BCUT2D eigenvalue weighted by Gasteiger charge is 2.40. The second-order valence-corrected chi connectivity index (χ2v) is 42.4. The largest absolute Gasteiger partial charge is 0.619 e. The number of nitrogens with one attached hydrogen (secondary N) is 17. The molecule has 5 aromatic rings. The third kappa shape index (κ3) is 48.2. The lowest BCUT2D eigenvalue weighted by Gasteiger charge is -2.34. The summed E-state index contributed by atoms with van der Waals surface area (Å²) < 4.78 is 1.71. The summed E-state index contributed by atoms with van der Waals surface area (Å²) in [5, 5.41) is 84.4. The molecule has 1 aliphatic carbocycles. The van der Waals surface area contributed by atoms with Crippen molar-refractivity contribution in [3.05, 3.63) is 178 Å².